The first-order chi connectivity index (χ1) is 11.1. The number of hydrogen-bond acceptors (Lipinski definition) is 4. The van der Waals surface area contributed by atoms with E-state index in [2.05, 4.69) is 6.92 Å². The van der Waals surface area contributed by atoms with Gasteiger partial charge < -0.3 is 18.8 Å². The zero-order chi connectivity index (χ0) is 16.2. The van der Waals surface area contributed by atoms with E-state index in [9.17, 15) is 4.79 Å². The summed E-state index contributed by atoms with van der Waals surface area (Å²) in [5, 5.41) is 0. The molecular weight excluding hydrogens is 294 g/mol. The maximum Gasteiger partial charge on any atom is 0.250 e. The fraction of sp³-hybridized carbons (Fsp3) is 0.389. The zero-order valence-electron chi connectivity index (χ0n) is 13.4. The number of aromatic nitrogens is 1. The molecule has 1 aromatic heterocycles. The normalized spacial score (nSPS) is 20.4. The van der Waals surface area contributed by atoms with Crippen LogP contribution in [0.2, 0.25) is 0 Å². The molecule has 5 heteroatoms. The second-order valence-corrected chi connectivity index (χ2v) is 5.97. The van der Waals surface area contributed by atoms with Gasteiger partial charge in [-0.2, -0.15) is 0 Å². The maximum atomic E-state index is 11.6. The van der Waals surface area contributed by atoms with Gasteiger partial charge in [0.25, 0.3) is 5.56 Å². The first-order valence-electron chi connectivity index (χ1n) is 7.77. The average molecular weight is 315 g/mol. The topological polar surface area (TPSA) is 49.7 Å². The smallest absolute Gasteiger partial charge is 0.250 e. The van der Waals surface area contributed by atoms with E-state index in [4.69, 9.17) is 14.2 Å². The van der Waals surface area contributed by atoms with Crippen LogP contribution >= 0.6 is 0 Å². The van der Waals surface area contributed by atoms with Crippen molar-refractivity contribution in [2.75, 3.05) is 6.61 Å². The summed E-state index contributed by atoms with van der Waals surface area (Å²) in [6.45, 7) is 3.23. The third kappa shape index (κ3) is 4.13. The number of rotatable bonds is 5. The highest BCUT2D eigenvalue weighted by molar-refractivity contribution is 5.33. The molecule has 0 bridgehead atoms. The number of benzene rings is 1. The molecule has 0 saturated carbocycles. The summed E-state index contributed by atoms with van der Waals surface area (Å²) >= 11 is 0. The second-order valence-electron chi connectivity index (χ2n) is 5.97. The lowest BCUT2D eigenvalue weighted by molar-refractivity contribution is -0.0394. The van der Waals surface area contributed by atoms with E-state index in [1.165, 1.54) is 4.57 Å². The molecule has 1 aliphatic heterocycles. The lowest BCUT2D eigenvalue weighted by atomic mass is 10.1. The molecule has 1 unspecified atom stereocenters. The molecule has 1 aromatic carbocycles. The maximum absolute atomic E-state index is 11.6. The summed E-state index contributed by atoms with van der Waals surface area (Å²) < 4.78 is 18.7. The zero-order valence-corrected chi connectivity index (χ0v) is 13.4. The van der Waals surface area contributed by atoms with E-state index in [1.807, 2.05) is 30.3 Å². The Balaban J connectivity index is 1.61. The Morgan fingerprint density at radius 2 is 2.09 bits per heavy atom. The molecule has 23 heavy (non-hydrogen) atoms. The molecule has 1 saturated heterocycles. The fourth-order valence-electron chi connectivity index (χ4n) is 2.45. The molecule has 0 N–H and O–H groups in total. The number of nitrogens with zero attached hydrogens (tertiary/aromatic N) is 1. The van der Waals surface area contributed by atoms with Gasteiger partial charge >= 0.3 is 0 Å². The van der Waals surface area contributed by atoms with Crippen molar-refractivity contribution < 1.29 is 14.2 Å². The number of aryl methyl sites for hydroxylation is 1. The summed E-state index contributed by atoms with van der Waals surface area (Å²) in [4.78, 5) is 11.6. The van der Waals surface area contributed by atoms with Crippen LogP contribution in [0.25, 0.3) is 0 Å². The summed E-state index contributed by atoms with van der Waals surface area (Å²) in [6, 6.07) is 10.9. The van der Waals surface area contributed by atoms with Crippen molar-refractivity contribution in [3.8, 4) is 11.5 Å². The van der Waals surface area contributed by atoms with Crippen molar-refractivity contribution in [2.24, 2.45) is 13.0 Å². The largest absolute Gasteiger partial charge is 0.489 e. The Kier molecular flexibility index (Phi) is 4.67. The lowest BCUT2D eigenvalue weighted by Crippen LogP contribution is -2.15. The number of hydrogen-bond donors (Lipinski definition) is 0. The molecule has 1 aliphatic rings. The molecule has 122 valence electrons. The number of ether oxygens (including phenoxy) is 3. The van der Waals surface area contributed by atoms with Crippen molar-refractivity contribution in [1.82, 2.24) is 4.57 Å². The highest BCUT2D eigenvalue weighted by Crippen LogP contribution is 2.25. The fourth-order valence-corrected chi connectivity index (χ4v) is 2.45. The monoisotopic (exact) mass is 315 g/mol. The van der Waals surface area contributed by atoms with Crippen molar-refractivity contribution in [3.05, 3.63) is 58.5 Å². The molecule has 2 heterocycles. The quantitative estimate of drug-likeness (QED) is 0.851. The van der Waals surface area contributed by atoms with E-state index >= 15 is 0 Å². The first-order valence-corrected chi connectivity index (χ1v) is 7.77. The molecule has 2 aromatic rings. The van der Waals surface area contributed by atoms with Gasteiger partial charge in [0.05, 0.1) is 6.61 Å². The molecular formula is C18H21NO4. The van der Waals surface area contributed by atoms with Gasteiger partial charge in [0.1, 0.15) is 18.1 Å². The van der Waals surface area contributed by atoms with Gasteiger partial charge in [-0.15, -0.1) is 0 Å². The lowest BCUT2D eigenvalue weighted by Gasteiger charge is -2.14. The minimum Gasteiger partial charge on any atom is -0.489 e. The standard InChI is InChI=1S/C18H21NO4/c1-13-8-18(22-11-13)23-16-5-3-4-15(10-16)21-12-14-6-7-19(2)17(20)9-14/h3-7,9-10,13,18H,8,11-12H2,1-2H3/t13-,18?/m1/s1. The van der Waals surface area contributed by atoms with Crippen molar-refractivity contribution >= 4 is 0 Å². The Labute approximate surface area is 135 Å². The molecule has 0 spiro atoms. The van der Waals surface area contributed by atoms with Crippen LogP contribution in [-0.2, 0) is 18.4 Å². The molecule has 3 rings (SSSR count). The Bertz CT molecular complexity index is 725. The molecule has 0 aliphatic carbocycles. The Hall–Kier alpha value is -2.27. The van der Waals surface area contributed by atoms with Gasteiger partial charge in [-0.05, 0) is 29.7 Å². The van der Waals surface area contributed by atoms with Crippen LogP contribution in [0.1, 0.15) is 18.9 Å². The van der Waals surface area contributed by atoms with Gasteiger partial charge in [-0.25, -0.2) is 0 Å². The summed E-state index contributed by atoms with van der Waals surface area (Å²) in [6.07, 6.45) is 2.45. The third-order valence-electron chi connectivity index (χ3n) is 3.81. The van der Waals surface area contributed by atoms with Crippen LogP contribution in [0.15, 0.2) is 47.4 Å². The predicted molar refractivity (Wildman–Crippen MR) is 86.6 cm³/mol. The minimum atomic E-state index is -0.183. The summed E-state index contributed by atoms with van der Waals surface area (Å²) in [5.41, 5.74) is 0.794. The molecule has 2 atom stereocenters. The van der Waals surface area contributed by atoms with Crippen LogP contribution in [0.5, 0.6) is 11.5 Å². The van der Waals surface area contributed by atoms with Gasteiger partial charge in [0.2, 0.25) is 0 Å². The van der Waals surface area contributed by atoms with E-state index in [0.29, 0.717) is 18.3 Å². The molecule has 0 radical (unpaired) electrons. The highest BCUT2D eigenvalue weighted by Gasteiger charge is 2.23. The van der Waals surface area contributed by atoms with Crippen LogP contribution < -0.4 is 15.0 Å². The van der Waals surface area contributed by atoms with E-state index in [1.54, 1.807) is 19.3 Å². The summed E-state index contributed by atoms with van der Waals surface area (Å²) in [7, 11) is 1.72. The van der Waals surface area contributed by atoms with Crippen LogP contribution in [-0.4, -0.2) is 17.5 Å². The third-order valence-corrected chi connectivity index (χ3v) is 3.81. The van der Waals surface area contributed by atoms with Gasteiger partial charge in [-0.3, -0.25) is 4.79 Å². The van der Waals surface area contributed by atoms with Crippen molar-refractivity contribution in [1.29, 1.82) is 0 Å². The van der Waals surface area contributed by atoms with Crippen molar-refractivity contribution in [2.45, 2.75) is 26.2 Å². The van der Waals surface area contributed by atoms with E-state index in [-0.39, 0.29) is 11.8 Å². The van der Waals surface area contributed by atoms with Gasteiger partial charge in [0.15, 0.2) is 6.29 Å². The highest BCUT2D eigenvalue weighted by atomic mass is 16.7. The predicted octanol–water partition coefficient (Wildman–Crippen LogP) is 2.73. The molecule has 5 nitrogen and oxygen atoms in total. The molecule has 0 amide bonds. The average Bonchev–Trinajstić information content (AvgIpc) is 2.94. The van der Waals surface area contributed by atoms with Gasteiger partial charge in [-0.1, -0.05) is 13.0 Å². The van der Waals surface area contributed by atoms with Crippen LogP contribution in [0.3, 0.4) is 0 Å². The van der Waals surface area contributed by atoms with Gasteiger partial charge in [0, 0.05) is 31.8 Å². The molecule has 1 fully saturated rings. The second kappa shape index (κ2) is 6.87. The first kappa shape index (κ1) is 15.6. The van der Waals surface area contributed by atoms with Crippen LogP contribution in [0.4, 0.5) is 0 Å². The Morgan fingerprint density at radius 3 is 2.83 bits per heavy atom. The van der Waals surface area contributed by atoms with E-state index < -0.39 is 0 Å². The number of pyridine rings is 1. The Morgan fingerprint density at radius 1 is 1.26 bits per heavy atom. The van der Waals surface area contributed by atoms with Crippen LogP contribution in [0, 0.1) is 5.92 Å². The summed E-state index contributed by atoms with van der Waals surface area (Å²) in [5.74, 6) is 1.96. The minimum absolute atomic E-state index is 0.0457. The SMILES string of the molecule is C[C@H]1COC(Oc2cccc(OCc3ccn(C)c(=O)c3)c2)C1. The van der Waals surface area contributed by atoms with E-state index in [0.717, 1.165) is 24.3 Å². The van der Waals surface area contributed by atoms with Crippen molar-refractivity contribution in [3.63, 3.8) is 0 Å².